The van der Waals surface area contributed by atoms with Crippen LogP contribution >= 0.6 is 11.3 Å². The highest BCUT2D eigenvalue weighted by Crippen LogP contribution is 2.29. The Hall–Kier alpha value is -3.36. The molecule has 4 nitrogen and oxygen atoms in total. The number of furan rings is 2. The van der Waals surface area contributed by atoms with Crippen molar-refractivity contribution in [2.24, 2.45) is 0 Å². The second-order valence-electron chi connectivity index (χ2n) is 5.75. The molecule has 0 saturated carbocycles. The molecule has 1 aromatic carbocycles. The molecule has 0 aliphatic heterocycles. The topological polar surface area (TPSA) is 63.0 Å². The number of hydrogen-bond acceptors (Lipinski definition) is 5. The molecule has 0 aliphatic rings. The average molecular weight is 358 g/mol. The van der Waals surface area contributed by atoms with Crippen LogP contribution in [0.3, 0.4) is 0 Å². The van der Waals surface area contributed by atoms with Crippen molar-refractivity contribution in [1.29, 1.82) is 5.26 Å². The van der Waals surface area contributed by atoms with Gasteiger partial charge < -0.3 is 8.83 Å². The van der Waals surface area contributed by atoms with Crippen LogP contribution < -0.4 is 0 Å². The average Bonchev–Trinajstić information content (AvgIpc) is 3.40. The third kappa shape index (κ3) is 3.23. The lowest BCUT2D eigenvalue weighted by molar-refractivity contribution is 0.572. The third-order valence-corrected chi connectivity index (χ3v) is 4.75. The van der Waals surface area contributed by atoms with E-state index >= 15 is 0 Å². The summed E-state index contributed by atoms with van der Waals surface area (Å²) in [5, 5.41) is 12.0. The van der Waals surface area contributed by atoms with Crippen molar-refractivity contribution < 1.29 is 8.83 Å². The molecule has 4 aromatic rings. The molecule has 0 N–H and O–H groups in total. The summed E-state index contributed by atoms with van der Waals surface area (Å²) < 4.78 is 11.2. The summed E-state index contributed by atoms with van der Waals surface area (Å²) >= 11 is 1.40. The minimum Gasteiger partial charge on any atom is -0.463 e. The molecule has 0 atom stereocenters. The van der Waals surface area contributed by atoms with E-state index in [4.69, 9.17) is 8.83 Å². The summed E-state index contributed by atoms with van der Waals surface area (Å²) in [4.78, 5) is 4.49. The van der Waals surface area contributed by atoms with E-state index in [0.717, 1.165) is 17.0 Å². The zero-order valence-electron chi connectivity index (χ0n) is 14.0. The number of thiazole rings is 1. The van der Waals surface area contributed by atoms with Crippen molar-refractivity contribution in [3.63, 3.8) is 0 Å². The molecule has 0 aliphatic carbocycles. The Labute approximate surface area is 154 Å². The Morgan fingerprint density at radius 1 is 1.12 bits per heavy atom. The first-order valence-corrected chi connectivity index (χ1v) is 8.89. The molecule has 26 heavy (non-hydrogen) atoms. The summed E-state index contributed by atoms with van der Waals surface area (Å²) in [5.41, 5.74) is 3.37. The van der Waals surface area contributed by atoms with Crippen LogP contribution in [0.5, 0.6) is 0 Å². The molecule has 4 rings (SSSR count). The first-order chi connectivity index (χ1) is 12.7. The summed E-state index contributed by atoms with van der Waals surface area (Å²) in [6, 6.07) is 17.7. The van der Waals surface area contributed by atoms with Crippen LogP contribution in [0, 0.1) is 18.3 Å². The number of benzene rings is 1. The van der Waals surface area contributed by atoms with E-state index in [1.807, 2.05) is 60.8 Å². The lowest BCUT2D eigenvalue weighted by Crippen LogP contribution is -1.81. The lowest BCUT2D eigenvalue weighted by Gasteiger charge is -1.97. The maximum atomic E-state index is 9.52. The molecule has 0 saturated heterocycles. The number of hydrogen-bond donors (Lipinski definition) is 0. The van der Waals surface area contributed by atoms with Gasteiger partial charge in [0.2, 0.25) is 0 Å². The molecular formula is C21H14N2O2S. The van der Waals surface area contributed by atoms with Crippen LogP contribution in [0.1, 0.15) is 16.3 Å². The fourth-order valence-corrected chi connectivity index (χ4v) is 3.30. The first-order valence-electron chi connectivity index (χ1n) is 8.01. The molecule has 3 aromatic heterocycles. The number of nitrogens with zero attached hydrogens (tertiary/aromatic N) is 2. The predicted molar refractivity (Wildman–Crippen MR) is 102 cm³/mol. The van der Waals surface area contributed by atoms with Crippen LogP contribution in [-0.4, -0.2) is 4.98 Å². The maximum Gasteiger partial charge on any atom is 0.153 e. The Kier molecular flexibility index (Phi) is 4.26. The van der Waals surface area contributed by atoms with Gasteiger partial charge >= 0.3 is 0 Å². The first kappa shape index (κ1) is 16.1. The van der Waals surface area contributed by atoms with E-state index < -0.39 is 0 Å². The van der Waals surface area contributed by atoms with Gasteiger partial charge in [0.1, 0.15) is 28.3 Å². The van der Waals surface area contributed by atoms with Gasteiger partial charge in [-0.25, -0.2) is 4.98 Å². The second-order valence-corrected chi connectivity index (χ2v) is 6.61. The van der Waals surface area contributed by atoms with Gasteiger partial charge in [0.15, 0.2) is 5.76 Å². The van der Waals surface area contributed by atoms with Gasteiger partial charge in [0.05, 0.1) is 11.8 Å². The van der Waals surface area contributed by atoms with Crippen LogP contribution in [0.4, 0.5) is 0 Å². The minimum atomic E-state index is 0.456. The second kappa shape index (κ2) is 6.87. The SMILES string of the molecule is Cc1ccc(-c2ccc(/C=C(\C#N)c3nc(-c4ccco4)cs3)o2)cc1. The Morgan fingerprint density at radius 2 is 1.96 bits per heavy atom. The van der Waals surface area contributed by atoms with Gasteiger partial charge in [-0.3, -0.25) is 0 Å². The van der Waals surface area contributed by atoms with E-state index in [1.54, 1.807) is 12.3 Å². The van der Waals surface area contributed by atoms with E-state index in [-0.39, 0.29) is 0 Å². The molecule has 0 fully saturated rings. The zero-order chi connectivity index (χ0) is 17.9. The number of nitriles is 1. The molecule has 3 heterocycles. The third-order valence-electron chi connectivity index (χ3n) is 3.88. The highest BCUT2D eigenvalue weighted by atomic mass is 32.1. The van der Waals surface area contributed by atoms with Gasteiger partial charge in [-0.05, 0) is 31.2 Å². The van der Waals surface area contributed by atoms with Crippen molar-refractivity contribution in [1.82, 2.24) is 4.98 Å². The molecule has 126 valence electrons. The molecule has 0 spiro atoms. The van der Waals surface area contributed by atoms with E-state index in [2.05, 4.69) is 11.1 Å². The van der Waals surface area contributed by atoms with Gasteiger partial charge in [-0.2, -0.15) is 5.26 Å². The van der Waals surface area contributed by atoms with Crippen LogP contribution in [0.2, 0.25) is 0 Å². The van der Waals surface area contributed by atoms with Gasteiger partial charge in [0, 0.05) is 17.0 Å². The summed E-state index contributed by atoms with van der Waals surface area (Å²) in [5.74, 6) is 2.07. The predicted octanol–water partition coefficient (Wildman–Crippen LogP) is 6.04. The Morgan fingerprint density at radius 3 is 2.69 bits per heavy atom. The van der Waals surface area contributed by atoms with E-state index in [0.29, 0.717) is 22.1 Å². The zero-order valence-corrected chi connectivity index (χ0v) is 14.8. The Bertz CT molecular complexity index is 1090. The number of rotatable bonds is 4. The highest BCUT2D eigenvalue weighted by Gasteiger charge is 2.12. The quantitative estimate of drug-likeness (QED) is 0.417. The summed E-state index contributed by atoms with van der Waals surface area (Å²) in [6.07, 6.45) is 3.31. The molecule has 0 amide bonds. The maximum absolute atomic E-state index is 9.52. The van der Waals surface area contributed by atoms with Crippen molar-refractivity contribution in [2.45, 2.75) is 6.92 Å². The van der Waals surface area contributed by atoms with Crippen molar-refractivity contribution >= 4 is 23.0 Å². The minimum absolute atomic E-state index is 0.456. The molecule has 0 radical (unpaired) electrons. The van der Waals surface area contributed by atoms with E-state index in [9.17, 15) is 5.26 Å². The monoisotopic (exact) mass is 358 g/mol. The summed E-state index contributed by atoms with van der Waals surface area (Å²) in [7, 11) is 0. The lowest BCUT2D eigenvalue weighted by atomic mass is 10.1. The number of aromatic nitrogens is 1. The number of aryl methyl sites for hydroxylation is 1. The molecule has 5 heteroatoms. The molecule has 0 unspecified atom stereocenters. The largest absolute Gasteiger partial charge is 0.463 e. The fourth-order valence-electron chi connectivity index (χ4n) is 2.52. The fraction of sp³-hybridized carbons (Fsp3) is 0.0476. The normalized spacial score (nSPS) is 11.5. The van der Waals surface area contributed by atoms with Crippen molar-refractivity contribution in [3.05, 3.63) is 76.5 Å². The van der Waals surface area contributed by atoms with Crippen LogP contribution in [-0.2, 0) is 0 Å². The van der Waals surface area contributed by atoms with Crippen molar-refractivity contribution in [2.75, 3.05) is 0 Å². The Balaban J connectivity index is 1.62. The highest BCUT2D eigenvalue weighted by molar-refractivity contribution is 7.11. The van der Waals surface area contributed by atoms with Gasteiger partial charge in [0.25, 0.3) is 0 Å². The standard InChI is InChI=1S/C21H14N2O2S/c1-14-4-6-15(7-5-14)19-9-8-17(25-19)11-16(12-22)21-23-18(13-26-21)20-3-2-10-24-20/h2-11,13H,1H3/b16-11+. The molecule has 0 bridgehead atoms. The summed E-state index contributed by atoms with van der Waals surface area (Å²) in [6.45, 7) is 2.05. The van der Waals surface area contributed by atoms with Crippen LogP contribution in [0.25, 0.3) is 34.4 Å². The molecular weight excluding hydrogens is 344 g/mol. The smallest absolute Gasteiger partial charge is 0.153 e. The van der Waals surface area contributed by atoms with Crippen molar-refractivity contribution in [3.8, 4) is 28.8 Å². The van der Waals surface area contributed by atoms with Gasteiger partial charge in [-0.1, -0.05) is 29.8 Å². The van der Waals surface area contributed by atoms with Gasteiger partial charge in [-0.15, -0.1) is 11.3 Å². The number of allylic oxidation sites excluding steroid dienone is 1. The van der Waals surface area contributed by atoms with Crippen LogP contribution in [0.15, 0.2) is 69.0 Å². The van der Waals surface area contributed by atoms with E-state index in [1.165, 1.54) is 16.9 Å².